The van der Waals surface area contributed by atoms with Crippen LogP contribution < -0.4 is 4.74 Å². The lowest BCUT2D eigenvalue weighted by molar-refractivity contribution is 0.0988. The first-order valence-electron chi connectivity index (χ1n) is 6.02. The lowest BCUT2D eigenvalue weighted by Crippen LogP contribution is -2.19. The molecule has 6 nitrogen and oxygen atoms in total. The van der Waals surface area contributed by atoms with Gasteiger partial charge in [0.05, 0.1) is 6.61 Å². The highest BCUT2D eigenvalue weighted by Gasteiger charge is 2.24. The number of carbonyl (C=O) groups excluding carboxylic acids is 1. The topological polar surface area (TPSA) is 75.0 Å². The highest BCUT2D eigenvalue weighted by atomic mass is 32.2. The molecule has 0 radical (unpaired) electrons. The van der Waals surface area contributed by atoms with E-state index in [9.17, 15) is 9.00 Å². The van der Waals surface area contributed by atoms with E-state index in [-0.39, 0.29) is 30.9 Å². The number of fused-ring (bicyclic) bond motifs is 1. The number of ketones is 1. The Morgan fingerprint density at radius 3 is 3.05 bits per heavy atom. The Bertz CT molecular complexity index is 677. The van der Waals surface area contributed by atoms with Gasteiger partial charge in [-0.05, 0) is 12.1 Å². The zero-order chi connectivity index (χ0) is 14.1. The molecular weight excluding hydrogens is 284 g/mol. The number of ether oxygens (including phenoxy) is 1. The summed E-state index contributed by atoms with van der Waals surface area (Å²) in [6.45, 7) is 1.86. The Labute approximate surface area is 117 Å². The molecule has 0 aliphatic carbocycles. The van der Waals surface area contributed by atoms with E-state index in [1.165, 1.54) is 6.92 Å². The van der Waals surface area contributed by atoms with Crippen LogP contribution in [0.25, 0.3) is 11.0 Å². The van der Waals surface area contributed by atoms with Gasteiger partial charge in [-0.25, -0.2) is 0 Å². The van der Waals surface area contributed by atoms with Crippen LogP contribution in [0.2, 0.25) is 0 Å². The first-order valence-corrected chi connectivity index (χ1v) is 7.02. The van der Waals surface area contributed by atoms with Gasteiger partial charge < -0.3 is 9.15 Å². The summed E-state index contributed by atoms with van der Waals surface area (Å²) in [5.74, 6) is 0.656. The van der Waals surface area contributed by atoms with Crippen molar-refractivity contribution in [2.75, 3.05) is 13.2 Å². The van der Waals surface area contributed by atoms with Crippen LogP contribution in [0, 0.1) is 0 Å². The van der Waals surface area contributed by atoms with Gasteiger partial charge in [0.1, 0.15) is 12.7 Å². The molecule has 1 aliphatic heterocycles. The number of benzene rings is 1. The standard InChI is InChI=1S/C13H12O6S/c1-8(14)12-5-9-3-2-4-11(13(9)18-12)16-6-10-7-17-20(15)19-10/h2-5,10H,6-7H2,1H3. The summed E-state index contributed by atoms with van der Waals surface area (Å²) in [4.78, 5) is 11.3. The van der Waals surface area contributed by atoms with E-state index in [1.807, 2.05) is 6.07 Å². The molecular formula is C13H12O6S. The maximum absolute atomic E-state index is 11.3. The van der Waals surface area contributed by atoms with Crippen molar-refractivity contribution in [1.82, 2.24) is 0 Å². The average Bonchev–Trinajstić information content (AvgIpc) is 3.02. The summed E-state index contributed by atoms with van der Waals surface area (Å²) in [6.07, 6.45) is -0.381. The molecule has 1 aliphatic rings. The predicted molar refractivity (Wildman–Crippen MR) is 70.7 cm³/mol. The number of hydrogen-bond acceptors (Lipinski definition) is 6. The van der Waals surface area contributed by atoms with E-state index in [4.69, 9.17) is 17.5 Å². The fourth-order valence-electron chi connectivity index (χ4n) is 1.88. The van der Waals surface area contributed by atoms with Crippen molar-refractivity contribution in [3.05, 3.63) is 30.0 Å². The Hall–Kier alpha value is -1.70. The van der Waals surface area contributed by atoms with E-state index < -0.39 is 11.4 Å². The van der Waals surface area contributed by atoms with Gasteiger partial charge in [-0.1, -0.05) is 12.1 Å². The van der Waals surface area contributed by atoms with Crippen molar-refractivity contribution in [2.45, 2.75) is 13.0 Å². The van der Waals surface area contributed by atoms with E-state index >= 15 is 0 Å². The third-order valence-corrected chi connectivity index (χ3v) is 3.60. The largest absolute Gasteiger partial charge is 0.487 e. The molecule has 2 heterocycles. The Morgan fingerprint density at radius 2 is 2.35 bits per heavy atom. The van der Waals surface area contributed by atoms with Gasteiger partial charge in [0, 0.05) is 12.3 Å². The Kier molecular flexibility index (Phi) is 3.56. The van der Waals surface area contributed by atoms with Crippen molar-refractivity contribution in [2.24, 2.45) is 0 Å². The molecule has 1 aromatic carbocycles. The molecule has 0 amide bonds. The number of carbonyl (C=O) groups is 1. The van der Waals surface area contributed by atoms with Crippen molar-refractivity contribution >= 4 is 28.1 Å². The molecule has 7 heteroatoms. The van der Waals surface area contributed by atoms with Crippen LogP contribution in [0.4, 0.5) is 0 Å². The molecule has 2 atom stereocenters. The molecule has 106 valence electrons. The SMILES string of the molecule is CC(=O)c1cc2cccc(OCC3COS(=O)O3)c2o1. The average molecular weight is 296 g/mol. The highest BCUT2D eigenvalue weighted by Crippen LogP contribution is 2.29. The first-order chi connectivity index (χ1) is 9.63. The maximum atomic E-state index is 11.3. The zero-order valence-electron chi connectivity index (χ0n) is 10.7. The number of hydrogen-bond donors (Lipinski definition) is 0. The van der Waals surface area contributed by atoms with Gasteiger partial charge in [0.2, 0.25) is 0 Å². The van der Waals surface area contributed by atoms with Crippen molar-refractivity contribution in [1.29, 1.82) is 0 Å². The van der Waals surface area contributed by atoms with E-state index in [2.05, 4.69) is 0 Å². The van der Waals surface area contributed by atoms with Crippen LogP contribution in [0.1, 0.15) is 17.5 Å². The number of para-hydroxylation sites is 1. The number of furan rings is 1. The fraction of sp³-hybridized carbons (Fsp3) is 0.308. The van der Waals surface area contributed by atoms with Crippen LogP contribution in [-0.2, 0) is 19.7 Å². The minimum Gasteiger partial charge on any atom is -0.487 e. The van der Waals surface area contributed by atoms with Gasteiger partial charge >= 0.3 is 11.4 Å². The third-order valence-electron chi connectivity index (χ3n) is 2.84. The summed E-state index contributed by atoms with van der Waals surface area (Å²) < 4.78 is 31.8. The monoisotopic (exact) mass is 296 g/mol. The zero-order valence-corrected chi connectivity index (χ0v) is 11.5. The molecule has 3 rings (SSSR count). The van der Waals surface area contributed by atoms with Gasteiger partial charge in [-0.3, -0.25) is 13.2 Å². The second kappa shape index (κ2) is 5.35. The molecule has 20 heavy (non-hydrogen) atoms. The molecule has 0 N–H and O–H groups in total. The molecule has 1 fully saturated rings. The van der Waals surface area contributed by atoms with Gasteiger partial charge in [0.25, 0.3) is 0 Å². The Balaban J connectivity index is 1.80. The lowest BCUT2D eigenvalue weighted by Gasteiger charge is -2.09. The van der Waals surface area contributed by atoms with E-state index in [1.54, 1.807) is 18.2 Å². The van der Waals surface area contributed by atoms with Crippen molar-refractivity contribution in [3.63, 3.8) is 0 Å². The number of Topliss-reactive ketones (excluding diaryl/α,β-unsaturated/α-hetero) is 1. The highest BCUT2D eigenvalue weighted by molar-refractivity contribution is 7.75. The second-order valence-corrected chi connectivity index (χ2v) is 5.20. The molecule has 1 aromatic heterocycles. The second-order valence-electron chi connectivity index (χ2n) is 4.36. The number of rotatable bonds is 4. The maximum Gasteiger partial charge on any atom is 0.305 e. The van der Waals surface area contributed by atoms with Crippen LogP contribution >= 0.6 is 0 Å². The fourth-order valence-corrected chi connectivity index (χ4v) is 2.53. The smallest absolute Gasteiger partial charge is 0.305 e. The minimum atomic E-state index is -1.69. The minimum absolute atomic E-state index is 0.143. The van der Waals surface area contributed by atoms with E-state index in [0.717, 1.165) is 5.39 Å². The Morgan fingerprint density at radius 1 is 1.50 bits per heavy atom. The summed E-state index contributed by atoms with van der Waals surface area (Å²) >= 11 is -1.69. The van der Waals surface area contributed by atoms with Crippen LogP contribution in [0.5, 0.6) is 5.75 Å². The quantitative estimate of drug-likeness (QED) is 0.803. The molecule has 2 aromatic rings. The summed E-state index contributed by atoms with van der Waals surface area (Å²) in [5.41, 5.74) is 0.512. The van der Waals surface area contributed by atoms with Crippen molar-refractivity contribution in [3.8, 4) is 5.75 Å². The lowest BCUT2D eigenvalue weighted by atomic mass is 10.2. The van der Waals surface area contributed by atoms with Crippen LogP contribution in [0.3, 0.4) is 0 Å². The molecule has 2 unspecified atom stereocenters. The van der Waals surface area contributed by atoms with Gasteiger partial charge in [-0.2, -0.15) is 4.21 Å². The van der Waals surface area contributed by atoms with Gasteiger partial charge in [0.15, 0.2) is 22.9 Å². The third kappa shape index (κ3) is 2.60. The summed E-state index contributed by atoms with van der Waals surface area (Å²) in [6, 6.07) is 7.06. The molecule has 0 saturated carbocycles. The predicted octanol–water partition coefficient (Wildman–Crippen LogP) is 2.01. The van der Waals surface area contributed by atoms with Crippen molar-refractivity contribution < 1.29 is 26.5 Å². The summed E-state index contributed by atoms with van der Waals surface area (Å²) in [5, 5.41) is 0.792. The van der Waals surface area contributed by atoms with Crippen LogP contribution in [-0.4, -0.2) is 29.3 Å². The first kappa shape index (κ1) is 13.3. The molecule has 0 bridgehead atoms. The summed E-state index contributed by atoms with van der Waals surface area (Å²) in [7, 11) is 0. The normalized spacial score (nSPS) is 22.2. The van der Waals surface area contributed by atoms with E-state index in [0.29, 0.717) is 11.3 Å². The van der Waals surface area contributed by atoms with Gasteiger partial charge in [-0.15, -0.1) is 0 Å². The molecule has 1 saturated heterocycles. The molecule has 0 spiro atoms. The van der Waals surface area contributed by atoms with Crippen LogP contribution in [0.15, 0.2) is 28.7 Å².